The first-order valence-corrected chi connectivity index (χ1v) is 4.07. The summed E-state index contributed by atoms with van der Waals surface area (Å²) in [6, 6.07) is 0. The van der Waals surface area contributed by atoms with Crippen LogP contribution in [0.2, 0.25) is 0 Å². The maximum Gasteiger partial charge on any atom is 0.219 e. The molecule has 2 rings (SSSR count). The van der Waals surface area contributed by atoms with Crippen LogP contribution in [-0.2, 0) is 0 Å². The molecule has 0 radical (unpaired) electrons. The van der Waals surface area contributed by atoms with Crippen LogP contribution in [0.1, 0.15) is 0 Å². The molecule has 7 nitrogen and oxygen atoms in total. The first kappa shape index (κ1) is 9.13. The molecule has 0 bridgehead atoms. The van der Waals surface area contributed by atoms with E-state index < -0.39 is 0 Å². The second kappa shape index (κ2) is 2.77. The first-order valence-electron chi connectivity index (χ1n) is 4.07. The van der Waals surface area contributed by atoms with Crippen LogP contribution < -0.4 is 22.0 Å². The van der Waals surface area contributed by atoms with Gasteiger partial charge in [-0.05, 0) is 0 Å². The second-order valence-corrected chi connectivity index (χ2v) is 3.09. The van der Waals surface area contributed by atoms with Gasteiger partial charge in [0, 0.05) is 5.10 Å². The van der Waals surface area contributed by atoms with Gasteiger partial charge in [-0.25, -0.2) is 0 Å². The minimum absolute atomic E-state index is 0.00884. The fourth-order valence-corrected chi connectivity index (χ4v) is 1.36. The first-order chi connectivity index (χ1) is 7.02. The molecule has 78 valence electrons. The third-order valence-corrected chi connectivity index (χ3v) is 2.21. The van der Waals surface area contributed by atoms with Crippen LogP contribution in [0.3, 0.4) is 0 Å². The standard InChI is InChI=1S/C8H9N5O2/c9-5-4-2-13(15)12-1-3(4)8(14)7(11)6(5)10/h1-2,14H,9-11H2. The lowest BCUT2D eigenvalue weighted by Crippen LogP contribution is -2.29. The van der Waals surface area contributed by atoms with E-state index in [4.69, 9.17) is 17.2 Å². The quantitative estimate of drug-likeness (QED) is 0.148. The van der Waals surface area contributed by atoms with Crippen molar-refractivity contribution in [3.63, 3.8) is 0 Å². The molecule has 0 aliphatic rings. The number of phenols is 1. The molecule has 0 aliphatic heterocycles. The van der Waals surface area contributed by atoms with Crippen molar-refractivity contribution in [1.29, 1.82) is 0 Å². The lowest BCUT2D eigenvalue weighted by molar-refractivity contribution is -0.667. The van der Waals surface area contributed by atoms with Crippen LogP contribution in [0.5, 0.6) is 5.75 Å². The summed E-state index contributed by atoms with van der Waals surface area (Å²) in [6.07, 6.45) is 2.31. The predicted molar refractivity (Wildman–Crippen MR) is 55.6 cm³/mol. The van der Waals surface area contributed by atoms with Crippen LogP contribution >= 0.6 is 0 Å². The van der Waals surface area contributed by atoms with Gasteiger partial charge in [0.1, 0.15) is 11.9 Å². The van der Waals surface area contributed by atoms with E-state index in [2.05, 4.69) is 5.10 Å². The fraction of sp³-hybridized carbons (Fsp3) is 0. The van der Waals surface area contributed by atoms with Gasteiger partial charge >= 0.3 is 0 Å². The molecule has 0 fully saturated rings. The Bertz CT molecular complexity index is 554. The number of hydrogen-bond acceptors (Lipinski definition) is 6. The average Bonchev–Trinajstić information content (AvgIpc) is 2.23. The van der Waals surface area contributed by atoms with Crippen LogP contribution in [0, 0.1) is 5.21 Å². The van der Waals surface area contributed by atoms with Crippen molar-refractivity contribution >= 4 is 27.8 Å². The number of nitrogens with zero attached hydrogens (tertiary/aromatic N) is 2. The Morgan fingerprint density at radius 1 is 1.13 bits per heavy atom. The Morgan fingerprint density at radius 3 is 2.47 bits per heavy atom. The smallest absolute Gasteiger partial charge is 0.219 e. The third-order valence-electron chi connectivity index (χ3n) is 2.21. The number of fused-ring (bicyclic) bond motifs is 1. The number of rotatable bonds is 0. The van der Waals surface area contributed by atoms with Crippen molar-refractivity contribution in [3.8, 4) is 5.75 Å². The van der Waals surface area contributed by atoms with E-state index in [1.165, 1.54) is 6.20 Å². The zero-order chi connectivity index (χ0) is 11.2. The summed E-state index contributed by atoms with van der Waals surface area (Å²) < 4.78 is 0. The van der Waals surface area contributed by atoms with E-state index in [9.17, 15) is 10.3 Å². The second-order valence-electron chi connectivity index (χ2n) is 3.09. The van der Waals surface area contributed by atoms with Gasteiger partial charge in [0.15, 0.2) is 5.75 Å². The molecule has 2 aromatic rings. The number of aromatic hydroxyl groups is 1. The number of nitrogen functional groups attached to an aromatic ring is 3. The minimum atomic E-state index is -0.218. The average molecular weight is 207 g/mol. The molecule has 7 N–H and O–H groups in total. The number of benzene rings is 1. The highest BCUT2D eigenvalue weighted by Crippen LogP contribution is 2.39. The van der Waals surface area contributed by atoms with Gasteiger partial charge in [0.2, 0.25) is 6.20 Å². The van der Waals surface area contributed by atoms with E-state index in [1.54, 1.807) is 0 Å². The molecule has 15 heavy (non-hydrogen) atoms. The molecule has 1 aromatic heterocycles. The Balaban J connectivity index is 3.00. The van der Waals surface area contributed by atoms with Crippen molar-refractivity contribution in [2.24, 2.45) is 0 Å². The Hall–Kier alpha value is -2.44. The van der Waals surface area contributed by atoms with Crippen LogP contribution in [-0.4, -0.2) is 10.2 Å². The predicted octanol–water partition coefficient (Wildman–Crippen LogP) is -0.680. The molecule has 0 saturated carbocycles. The molecule has 0 unspecified atom stereocenters. The maximum atomic E-state index is 10.9. The summed E-state index contributed by atoms with van der Waals surface area (Å²) in [4.78, 5) is 0.327. The van der Waals surface area contributed by atoms with E-state index in [0.717, 1.165) is 6.20 Å². The SMILES string of the molecule is Nc1c(N)c(O)c2cn[n+]([O-])cc2c1N. The molecular formula is C8H9N5O2. The largest absolute Gasteiger partial charge is 0.594 e. The van der Waals surface area contributed by atoms with Crippen molar-refractivity contribution in [2.45, 2.75) is 0 Å². The highest BCUT2D eigenvalue weighted by molar-refractivity contribution is 6.06. The van der Waals surface area contributed by atoms with Crippen LogP contribution in [0.15, 0.2) is 12.4 Å². The summed E-state index contributed by atoms with van der Waals surface area (Å²) in [5, 5.41) is 24.6. The zero-order valence-corrected chi connectivity index (χ0v) is 7.64. The fourth-order valence-electron chi connectivity index (χ4n) is 1.36. The molecule has 0 aliphatic carbocycles. The summed E-state index contributed by atoms with van der Waals surface area (Å²) in [7, 11) is 0. The third kappa shape index (κ3) is 1.13. The van der Waals surface area contributed by atoms with Crippen molar-refractivity contribution in [2.75, 3.05) is 17.2 Å². The molecule has 1 heterocycles. The zero-order valence-electron chi connectivity index (χ0n) is 7.64. The molecule has 7 heteroatoms. The monoisotopic (exact) mass is 207 g/mol. The van der Waals surface area contributed by atoms with Crippen molar-refractivity contribution in [3.05, 3.63) is 17.6 Å². The number of nitrogens with two attached hydrogens (primary N) is 3. The summed E-state index contributed by atoms with van der Waals surface area (Å²) in [5.74, 6) is -0.218. The normalized spacial score (nSPS) is 10.7. The minimum Gasteiger partial charge on any atom is -0.594 e. The van der Waals surface area contributed by atoms with Gasteiger partial charge in [-0.15, -0.1) is 0 Å². The van der Waals surface area contributed by atoms with E-state index in [0.29, 0.717) is 15.6 Å². The Kier molecular flexibility index (Phi) is 1.69. The molecule has 0 atom stereocenters. The highest BCUT2D eigenvalue weighted by Gasteiger charge is 2.15. The molecular weight excluding hydrogens is 198 g/mol. The Morgan fingerprint density at radius 2 is 1.80 bits per heavy atom. The van der Waals surface area contributed by atoms with E-state index in [1.807, 2.05) is 0 Å². The number of aromatic nitrogens is 2. The molecule has 0 amide bonds. The van der Waals surface area contributed by atoms with Gasteiger partial charge in [-0.1, -0.05) is 4.85 Å². The summed E-state index contributed by atoms with van der Waals surface area (Å²) >= 11 is 0. The van der Waals surface area contributed by atoms with Gasteiger partial charge < -0.3 is 27.5 Å². The van der Waals surface area contributed by atoms with Crippen LogP contribution in [0.4, 0.5) is 17.1 Å². The van der Waals surface area contributed by atoms with E-state index >= 15 is 0 Å². The molecule has 0 spiro atoms. The summed E-state index contributed by atoms with van der Waals surface area (Å²) in [6.45, 7) is 0. The maximum absolute atomic E-state index is 10.9. The lowest BCUT2D eigenvalue weighted by atomic mass is 10.1. The molecule has 1 aromatic carbocycles. The molecule has 0 saturated heterocycles. The van der Waals surface area contributed by atoms with Crippen molar-refractivity contribution < 1.29 is 9.95 Å². The van der Waals surface area contributed by atoms with E-state index in [-0.39, 0.29) is 22.8 Å². The lowest BCUT2D eigenvalue weighted by Gasteiger charge is -2.09. The Labute approximate surface area is 84.3 Å². The van der Waals surface area contributed by atoms with Crippen molar-refractivity contribution in [1.82, 2.24) is 5.10 Å². The summed E-state index contributed by atoms with van der Waals surface area (Å²) in [5.41, 5.74) is 16.9. The van der Waals surface area contributed by atoms with Gasteiger partial charge in [0.25, 0.3) is 0 Å². The topological polar surface area (TPSA) is 138 Å². The number of anilines is 3. The van der Waals surface area contributed by atoms with Gasteiger partial charge in [-0.3, -0.25) is 0 Å². The number of hydrogen-bond donors (Lipinski definition) is 4. The number of phenolic OH excluding ortho intramolecular Hbond substituents is 1. The van der Waals surface area contributed by atoms with Crippen LogP contribution in [0.25, 0.3) is 10.8 Å². The van der Waals surface area contributed by atoms with Gasteiger partial charge in [0.05, 0.1) is 22.1 Å². The highest BCUT2D eigenvalue weighted by atomic mass is 16.5. The van der Waals surface area contributed by atoms with Gasteiger partial charge in [-0.2, -0.15) is 0 Å².